The van der Waals surface area contributed by atoms with Crippen LogP contribution in [0.25, 0.3) is 0 Å². The van der Waals surface area contributed by atoms with Gasteiger partial charge < -0.3 is 14.6 Å². The maximum atomic E-state index is 17.3. The molecule has 3 saturated carbocycles. The Morgan fingerprint density at radius 2 is 1.80 bits per heavy atom. The highest BCUT2D eigenvalue weighted by atomic mass is 19.1. The molecule has 35 heavy (non-hydrogen) atoms. The molecule has 0 spiro atoms. The summed E-state index contributed by atoms with van der Waals surface area (Å²) in [5.41, 5.74) is -6.90. The fourth-order valence-electron chi connectivity index (χ4n) is 7.89. The molecule has 0 saturated heterocycles. The van der Waals surface area contributed by atoms with Crippen molar-refractivity contribution in [2.24, 2.45) is 28.6 Å². The largest absolute Gasteiger partial charge is 0.458 e. The first-order valence-corrected chi connectivity index (χ1v) is 12.0. The molecule has 0 aliphatic heterocycles. The summed E-state index contributed by atoms with van der Waals surface area (Å²) >= 11 is 0. The third-order valence-corrected chi connectivity index (χ3v) is 9.29. The van der Waals surface area contributed by atoms with Gasteiger partial charge in [0.05, 0.1) is 6.10 Å². The topological polar surface area (TPSA) is 107 Å². The average Bonchev–Trinajstić information content (AvgIpc) is 2.97. The van der Waals surface area contributed by atoms with Gasteiger partial charge in [0, 0.05) is 36.5 Å². The SMILES string of the molecule is CC(=O)OCC(=O)[C@@]1(OC(C)=O)C(C)CC2C3CC(F)C4=CC(=O)C=C[C@]4(C)[C@@]3(F)C(O)C[C@@]21C. The van der Waals surface area contributed by atoms with Crippen LogP contribution >= 0.6 is 0 Å². The van der Waals surface area contributed by atoms with Crippen molar-refractivity contribution >= 4 is 23.5 Å². The zero-order valence-corrected chi connectivity index (χ0v) is 20.6. The van der Waals surface area contributed by atoms with E-state index in [9.17, 15) is 24.3 Å². The predicted molar refractivity (Wildman–Crippen MR) is 119 cm³/mol. The minimum absolute atomic E-state index is 0.00892. The number of rotatable bonds is 4. The lowest BCUT2D eigenvalue weighted by Crippen LogP contribution is -2.71. The maximum absolute atomic E-state index is 17.3. The van der Waals surface area contributed by atoms with Gasteiger partial charge in [0.25, 0.3) is 0 Å². The molecule has 192 valence electrons. The van der Waals surface area contributed by atoms with E-state index in [1.165, 1.54) is 19.1 Å². The van der Waals surface area contributed by atoms with Crippen molar-refractivity contribution < 1.29 is 42.5 Å². The molecule has 0 aromatic heterocycles. The van der Waals surface area contributed by atoms with Crippen LogP contribution in [0.1, 0.15) is 53.9 Å². The molecule has 5 unspecified atom stereocenters. The van der Waals surface area contributed by atoms with Crippen molar-refractivity contribution in [3.05, 3.63) is 23.8 Å². The summed E-state index contributed by atoms with van der Waals surface area (Å²) in [5, 5.41) is 11.4. The van der Waals surface area contributed by atoms with Gasteiger partial charge in [0.15, 0.2) is 23.7 Å². The van der Waals surface area contributed by atoms with Gasteiger partial charge in [-0.15, -0.1) is 0 Å². The van der Waals surface area contributed by atoms with E-state index in [4.69, 9.17) is 9.47 Å². The Morgan fingerprint density at radius 3 is 2.40 bits per heavy atom. The fraction of sp³-hybridized carbons (Fsp3) is 0.692. The standard InChI is InChI=1S/C26H32F2O7/c1-13-8-17-18-10-20(27)19-9-16(31)6-7-23(19,4)25(18,28)21(32)11-24(17,5)26(13,35-15(3)30)22(33)12-34-14(2)29/h6-7,9,13,17-18,20-21,32H,8,10-12H2,1-5H3/t13?,17?,18?,20?,21?,23-,24-,25-,26-/m0/s1. The molecule has 0 amide bonds. The summed E-state index contributed by atoms with van der Waals surface area (Å²) in [6.45, 7) is 6.52. The van der Waals surface area contributed by atoms with Gasteiger partial charge in [-0.05, 0) is 49.8 Å². The number of carbonyl (C=O) groups excluding carboxylic acids is 4. The minimum atomic E-state index is -2.31. The highest BCUT2D eigenvalue weighted by Gasteiger charge is 2.78. The molecule has 7 nitrogen and oxygen atoms in total. The van der Waals surface area contributed by atoms with Crippen LogP contribution in [0.2, 0.25) is 0 Å². The van der Waals surface area contributed by atoms with E-state index in [1.807, 2.05) is 0 Å². The number of esters is 2. The van der Waals surface area contributed by atoms with Crippen LogP contribution in [-0.2, 0) is 28.7 Å². The molecule has 4 aliphatic carbocycles. The van der Waals surface area contributed by atoms with E-state index < -0.39 is 82.2 Å². The first-order chi connectivity index (χ1) is 16.1. The van der Waals surface area contributed by atoms with Crippen molar-refractivity contribution in [3.63, 3.8) is 0 Å². The molecule has 4 aliphatic rings. The second kappa shape index (κ2) is 8.05. The maximum Gasteiger partial charge on any atom is 0.303 e. The van der Waals surface area contributed by atoms with E-state index in [0.29, 0.717) is 0 Å². The molecule has 0 bridgehead atoms. The molecule has 0 heterocycles. The Morgan fingerprint density at radius 1 is 1.14 bits per heavy atom. The zero-order chi connectivity index (χ0) is 26.1. The van der Waals surface area contributed by atoms with Crippen LogP contribution in [0.15, 0.2) is 23.8 Å². The molecule has 0 aromatic rings. The number of hydrogen-bond donors (Lipinski definition) is 1. The molecule has 3 fully saturated rings. The number of aliphatic hydroxyl groups is 1. The Balaban J connectivity index is 1.85. The van der Waals surface area contributed by atoms with Gasteiger partial charge in [-0.25, -0.2) is 8.78 Å². The predicted octanol–water partition coefficient (Wildman–Crippen LogP) is 2.99. The number of halogens is 2. The Bertz CT molecular complexity index is 1050. The summed E-state index contributed by atoms with van der Waals surface area (Å²) in [6.07, 6.45) is 0.118. The highest BCUT2D eigenvalue weighted by Crippen LogP contribution is 2.71. The molecule has 1 N–H and O–H groups in total. The van der Waals surface area contributed by atoms with Crippen molar-refractivity contribution in [2.45, 2.75) is 77.4 Å². The van der Waals surface area contributed by atoms with E-state index in [0.717, 1.165) is 19.9 Å². The molecule has 0 radical (unpaired) electrons. The van der Waals surface area contributed by atoms with Crippen LogP contribution in [0.5, 0.6) is 0 Å². The Hall–Kier alpha value is -2.42. The summed E-state index contributed by atoms with van der Waals surface area (Å²) < 4.78 is 43.5. The van der Waals surface area contributed by atoms with E-state index in [2.05, 4.69) is 0 Å². The third kappa shape index (κ3) is 3.22. The second-order valence-electron chi connectivity index (χ2n) is 11.0. The molecule has 0 aromatic carbocycles. The highest BCUT2D eigenvalue weighted by molar-refractivity contribution is 6.01. The van der Waals surface area contributed by atoms with Crippen molar-refractivity contribution in [2.75, 3.05) is 6.61 Å². The van der Waals surface area contributed by atoms with Crippen LogP contribution < -0.4 is 0 Å². The average molecular weight is 495 g/mol. The minimum Gasteiger partial charge on any atom is -0.458 e. The summed E-state index contributed by atoms with van der Waals surface area (Å²) in [5.74, 6) is -4.77. The number of aliphatic hydroxyl groups excluding tert-OH is 1. The van der Waals surface area contributed by atoms with E-state index in [-0.39, 0.29) is 24.8 Å². The summed E-state index contributed by atoms with van der Waals surface area (Å²) in [7, 11) is 0. The lowest BCUT2D eigenvalue weighted by atomic mass is 9.44. The van der Waals surface area contributed by atoms with Crippen LogP contribution in [0.4, 0.5) is 8.78 Å². The first kappa shape index (κ1) is 25.7. The van der Waals surface area contributed by atoms with Gasteiger partial charge >= 0.3 is 11.9 Å². The lowest BCUT2D eigenvalue weighted by Gasteiger charge is -2.63. The van der Waals surface area contributed by atoms with Gasteiger partial charge in [0.2, 0.25) is 5.78 Å². The Kier molecular flexibility index (Phi) is 5.90. The zero-order valence-electron chi connectivity index (χ0n) is 20.6. The molecule has 9 heteroatoms. The number of ether oxygens (including phenoxy) is 2. The smallest absolute Gasteiger partial charge is 0.303 e. The molecule has 4 rings (SSSR count). The van der Waals surface area contributed by atoms with E-state index in [1.54, 1.807) is 13.8 Å². The number of hydrogen-bond acceptors (Lipinski definition) is 7. The number of carbonyl (C=O) groups is 4. The quantitative estimate of drug-likeness (QED) is 0.599. The fourth-order valence-corrected chi connectivity index (χ4v) is 7.89. The van der Waals surface area contributed by atoms with E-state index >= 15 is 8.78 Å². The second-order valence-corrected chi connectivity index (χ2v) is 11.0. The normalized spacial score (nSPS) is 46.1. The first-order valence-electron chi connectivity index (χ1n) is 12.0. The van der Waals surface area contributed by atoms with Gasteiger partial charge in [-0.3, -0.25) is 19.2 Å². The van der Waals surface area contributed by atoms with Crippen molar-refractivity contribution in [1.82, 2.24) is 0 Å². The number of fused-ring (bicyclic) bond motifs is 5. The van der Waals surface area contributed by atoms with Crippen molar-refractivity contribution in [3.8, 4) is 0 Å². The number of ketones is 2. The summed E-state index contributed by atoms with van der Waals surface area (Å²) in [4.78, 5) is 49.1. The Labute approximate surface area is 202 Å². The third-order valence-electron chi connectivity index (χ3n) is 9.29. The summed E-state index contributed by atoms with van der Waals surface area (Å²) in [6, 6.07) is 0. The molecule has 9 atom stereocenters. The van der Waals surface area contributed by atoms with Crippen LogP contribution in [-0.4, -0.2) is 58.8 Å². The number of Topliss-reactive ketones (excluding diaryl/α,β-unsaturated/α-hetero) is 1. The molecular weight excluding hydrogens is 462 g/mol. The van der Waals surface area contributed by atoms with Crippen LogP contribution in [0, 0.1) is 28.6 Å². The van der Waals surface area contributed by atoms with Crippen LogP contribution in [0.3, 0.4) is 0 Å². The number of allylic oxidation sites excluding steroid dienone is 4. The van der Waals surface area contributed by atoms with Gasteiger partial charge in [-0.2, -0.15) is 0 Å². The van der Waals surface area contributed by atoms with Gasteiger partial charge in [-0.1, -0.05) is 19.9 Å². The number of alkyl halides is 2. The van der Waals surface area contributed by atoms with Crippen molar-refractivity contribution in [1.29, 1.82) is 0 Å². The molecular formula is C26H32F2O7. The lowest BCUT2D eigenvalue weighted by molar-refractivity contribution is -0.231. The van der Waals surface area contributed by atoms with Gasteiger partial charge in [0.1, 0.15) is 6.17 Å². The monoisotopic (exact) mass is 494 g/mol.